The number of carbonyl (C=O) groups excluding carboxylic acids is 1. The van der Waals surface area contributed by atoms with Crippen LogP contribution in [0.2, 0.25) is 0 Å². The van der Waals surface area contributed by atoms with E-state index in [4.69, 9.17) is 4.74 Å². The van der Waals surface area contributed by atoms with Crippen molar-refractivity contribution in [2.45, 2.75) is 13.8 Å². The summed E-state index contributed by atoms with van der Waals surface area (Å²) in [6.07, 6.45) is 0. The van der Waals surface area contributed by atoms with Gasteiger partial charge in [-0.3, -0.25) is 4.79 Å². The van der Waals surface area contributed by atoms with E-state index in [9.17, 15) is 4.79 Å². The second-order valence-electron chi connectivity index (χ2n) is 5.69. The molecule has 1 aromatic carbocycles. The van der Waals surface area contributed by atoms with Crippen LogP contribution >= 0.6 is 11.3 Å². The van der Waals surface area contributed by atoms with E-state index in [1.54, 1.807) is 0 Å². The van der Waals surface area contributed by atoms with E-state index in [0.717, 1.165) is 30.1 Å². The number of amides is 1. The first-order valence-corrected chi connectivity index (χ1v) is 8.75. The molecule has 2 heterocycles. The van der Waals surface area contributed by atoms with E-state index in [1.165, 1.54) is 11.3 Å². The van der Waals surface area contributed by atoms with Gasteiger partial charge in [0.1, 0.15) is 5.75 Å². The molecule has 5 nitrogen and oxygen atoms in total. The molecule has 6 heteroatoms. The van der Waals surface area contributed by atoms with Crippen LogP contribution in [-0.4, -0.2) is 30.6 Å². The van der Waals surface area contributed by atoms with Crippen molar-refractivity contribution >= 4 is 22.4 Å². The first kappa shape index (κ1) is 16.0. The lowest BCUT2D eigenvalue weighted by Gasteiger charge is -2.31. The third kappa shape index (κ3) is 3.71. The van der Waals surface area contributed by atoms with Gasteiger partial charge in [-0.15, -0.1) is 11.3 Å². The largest absolute Gasteiger partial charge is 0.494 e. The van der Waals surface area contributed by atoms with Crippen molar-refractivity contribution in [2.75, 3.05) is 25.0 Å². The predicted octanol–water partition coefficient (Wildman–Crippen LogP) is 3.00. The Hall–Kier alpha value is -1.92. The summed E-state index contributed by atoms with van der Waals surface area (Å²) in [6, 6.07) is 7.83. The number of nitrogens with zero attached hydrogens (tertiary/aromatic N) is 1. The Bertz CT molecular complexity index is 665. The van der Waals surface area contributed by atoms with Crippen LogP contribution in [-0.2, 0) is 4.79 Å². The topological polar surface area (TPSA) is 63.2 Å². The molecule has 1 atom stereocenters. The van der Waals surface area contributed by atoms with Crippen LogP contribution in [0.5, 0.6) is 5.75 Å². The van der Waals surface area contributed by atoms with Crippen LogP contribution in [0.1, 0.15) is 13.8 Å². The van der Waals surface area contributed by atoms with E-state index in [0.29, 0.717) is 17.7 Å². The Morgan fingerprint density at radius 1 is 1.43 bits per heavy atom. The Balaban J connectivity index is 1.64. The Morgan fingerprint density at radius 2 is 2.17 bits per heavy atom. The number of hydrogen-bond acceptors (Lipinski definition) is 5. The minimum absolute atomic E-state index is 0.00840. The summed E-state index contributed by atoms with van der Waals surface area (Å²) in [5, 5.41) is 8.74. The number of thiazole rings is 1. The number of carbonyl (C=O) groups is 1. The lowest BCUT2D eigenvalue weighted by molar-refractivity contribution is -0.121. The van der Waals surface area contributed by atoms with Crippen molar-refractivity contribution in [3.63, 3.8) is 0 Å². The summed E-state index contributed by atoms with van der Waals surface area (Å²) in [4.78, 5) is 16.7. The van der Waals surface area contributed by atoms with Crippen LogP contribution in [0.25, 0.3) is 11.3 Å². The molecule has 0 saturated carbocycles. The van der Waals surface area contributed by atoms with Gasteiger partial charge in [-0.2, -0.15) is 0 Å². The maximum absolute atomic E-state index is 12.2. The highest BCUT2D eigenvalue weighted by Crippen LogP contribution is 2.27. The van der Waals surface area contributed by atoms with E-state index in [-0.39, 0.29) is 11.8 Å². The molecule has 0 radical (unpaired) electrons. The molecule has 2 aromatic rings. The highest BCUT2D eigenvalue weighted by atomic mass is 32.1. The molecule has 1 fully saturated rings. The molecule has 1 amide bonds. The third-order valence-corrected chi connectivity index (χ3v) is 4.89. The van der Waals surface area contributed by atoms with Gasteiger partial charge in [0.25, 0.3) is 0 Å². The van der Waals surface area contributed by atoms with Crippen molar-refractivity contribution < 1.29 is 9.53 Å². The quantitative estimate of drug-likeness (QED) is 0.854. The maximum atomic E-state index is 12.2. The molecule has 0 aliphatic carbocycles. The lowest BCUT2D eigenvalue weighted by atomic mass is 9.88. The second kappa shape index (κ2) is 7.10. The fourth-order valence-corrected chi connectivity index (χ4v) is 3.17. The number of benzene rings is 1. The molecule has 122 valence electrons. The highest BCUT2D eigenvalue weighted by molar-refractivity contribution is 7.14. The number of hydrogen-bond donors (Lipinski definition) is 2. The number of aromatic nitrogens is 1. The normalized spacial score (nSPS) is 15.7. The number of rotatable bonds is 6. The fraction of sp³-hybridized carbons (Fsp3) is 0.412. The van der Waals surface area contributed by atoms with Gasteiger partial charge in [0.05, 0.1) is 12.3 Å². The van der Waals surface area contributed by atoms with Gasteiger partial charge in [0.15, 0.2) is 5.13 Å². The summed E-state index contributed by atoms with van der Waals surface area (Å²) in [5.41, 5.74) is 1.88. The minimum atomic E-state index is 0.00840. The summed E-state index contributed by atoms with van der Waals surface area (Å²) >= 11 is 1.45. The average molecular weight is 331 g/mol. The van der Waals surface area contributed by atoms with E-state index >= 15 is 0 Å². The van der Waals surface area contributed by atoms with E-state index < -0.39 is 0 Å². The number of nitrogens with one attached hydrogen (secondary N) is 2. The molecule has 0 spiro atoms. The van der Waals surface area contributed by atoms with Gasteiger partial charge >= 0.3 is 0 Å². The molecule has 1 aromatic heterocycles. The first-order chi connectivity index (χ1) is 11.2. The Kier molecular flexibility index (Phi) is 4.93. The first-order valence-electron chi connectivity index (χ1n) is 7.87. The monoisotopic (exact) mass is 331 g/mol. The zero-order valence-electron chi connectivity index (χ0n) is 13.3. The van der Waals surface area contributed by atoms with Crippen LogP contribution < -0.4 is 15.4 Å². The molecule has 3 rings (SSSR count). The van der Waals surface area contributed by atoms with Gasteiger partial charge in [0.2, 0.25) is 5.91 Å². The highest BCUT2D eigenvalue weighted by Gasteiger charge is 2.29. The molecule has 1 aliphatic rings. The molecular weight excluding hydrogens is 310 g/mol. The van der Waals surface area contributed by atoms with Gasteiger partial charge in [-0.25, -0.2) is 4.98 Å². The second-order valence-corrected chi connectivity index (χ2v) is 6.55. The lowest BCUT2D eigenvalue weighted by Crippen LogP contribution is -2.48. The van der Waals surface area contributed by atoms with Crippen molar-refractivity contribution in [3.05, 3.63) is 29.6 Å². The zero-order valence-corrected chi connectivity index (χ0v) is 14.2. The van der Waals surface area contributed by atoms with Crippen molar-refractivity contribution in [3.8, 4) is 17.0 Å². The number of anilines is 1. The fourth-order valence-electron chi connectivity index (χ4n) is 2.45. The predicted molar refractivity (Wildman–Crippen MR) is 92.9 cm³/mol. The van der Waals surface area contributed by atoms with Crippen LogP contribution in [0.3, 0.4) is 0 Å². The van der Waals surface area contributed by atoms with Gasteiger partial charge in [-0.05, 0) is 50.2 Å². The van der Waals surface area contributed by atoms with Crippen molar-refractivity contribution in [2.24, 2.45) is 11.8 Å². The zero-order chi connectivity index (χ0) is 16.2. The summed E-state index contributed by atoms with van der Waals surface area (Å²) in [7, 11) is 0. The third-order valence-electron chi connectivity index (χ3n) is 4.13. The van der Waals surface area contributed by atoms with Crippen LogP contribution in [0, 0.1) is 11.8 Å². The standard InChI is InChI=1S/C17H21N3O2S/c1-3-22-14-6-4-12(5-7-14)15-10-23-17(19-15)20-16(21)11(2)13-8-18-9-13/h4-7,10-11,13,18H,3,8-9H2,1-2H3,(H,19,20,21). The van der Waals surface area contributed by atoms with Crippen molar-refractivity contribution in [1.29, 1.82) is 0 Å². The van der Waals surface area contributed by atoms with Crippen LogP contribution in [0.4, 0.5) is 5.13 Å². The molecule has 2 N–H and O–H groups in total. The molecule has 23 heavy (non-hydrogen) atoms. The molecule has 1 saturated heterocycles. The maximum Gasteiger partial charge on any atom is 0.229 e. The summed E-state index contributed by atoms with van der Waals surface area (Å²) in [5.74, 6) is 1.33. The smallest absolute Gasteiger partial charge is 0.229 e. The SMILES string of the molecule is CCOc1ccc(-c2csc(NC(=O)C(C)C3CNC3)n2)cc1. The average Bonchev–Trinajstić information content (AvgIpc) is 2.95. The minimum Gasteiger partial charge on any atom is -0.494 e. The summed E-state index contributed by atoms with van der Waals surface area (Å²) in [6.45, 7) is 6.43. The molecular formula is C17H21N3O2S. The molecule has 1 aliphatic heterocycles. The van der Waals surface area contributed by atoms with Gasteiger partial charge in [-0.1, -0.05) is 6.92 Å². The van der Waals surface area contributed by atoms with Crippen LogP contribution in [0.15, 0.2) is 29.6 Å². The number of ether oxygens (including phenoxy) is 1. The van der Waals surface area contributed by atoms with Gasteiger partial charge < -0.3 is 15.4 Å². The summed E-state index contributed by atoms with van der Waals surface area (Å²) < 4.78 is 5.44. The van der Waals surface area contributed by atoms with E-state index in [1.807, 2.05) is 43.5 Å². The van der Waals surface area contributed by atoms with Crippen molar-refractivity contribution in [1.82, 2.24) is 10.3 Å². The van der Waals surface area contributed by atoms with E-state index in [2.05, 4.69) is 15.6 Å². The Morgan fingerprint density at radius 3 is 2.78 bits per heavy atom. The Labute approximate surface area is 140 Å². The van der Waals surface area contributed by atoms with Gasteiger partial charge in [0, 0.05) is 16.9 Å². The molecule has 1 unspecified atom stereocenters. The molecule has 0 bridgehead atoms.